The van der Waals surface area contributed by atoms with Gasteiger partial charge in [-0.05, 0) is 42.5 Å². The second kappa shape index (κ2) is 7.10. The zero-order chi connectivity index (χ0) is 18.9. The molecule has 1 aliphatic rings. The molecule has 1 saturated heterocycles. The van der Waals surface area contributed by atoms with Crippen molar-refractivity contribution in [2.75, 3.05) is 31.6 Å². The van der Waals surface area contributed by atoms with Crippen LogP contribution in [0.3, 0.4) is 0 Å². The third-order valence-electron chi connectivity index (χ3n) is 4.31. The first-order valence-corrected chi connectivity index (χ1v) is 9.81. The van der Waals surface area contributed by atoms with E-state index in [1.165, 1.54) is 22.8 Å². The number of oxazole rings is 1. The second-order valence-electron chi connectivity index (χ2n) is 6.03. The first-order valence-electron chi connectivity index (χ1n) is 8.36. The molecule has 0 radical (unpaired) electrons. The van der Waals surface area contributed by atoms with Crippen molar-refractivity contribution in [3.63, 3.8) is 0 Å². The molecule has 27 heavy (non-hydrogen) atoms. The number of anilines is 1. The van der Waals surface area contributed by atoms with Crippen LogP contribution in [0.4, 0.5) is 5.69 Å². The molecule has 1 N–H and O–H groups in total. The highest BCUT2D eigenvalue weighted by atomic mass is 32.2. The highest BCUT2D eigenvalue weighted by molar-refractivity contribution is 7.89. The Balaban J connectivity index is 1.49. The van der Waals surface area contributed by atoms with E-state index in [4.69, 9.17) is 9.15 Å². The third-order valence-corrected chi connectivity index (χ3v) is 6.23. The quantitative estimate of drug-likeness (QED) is 0.736. The van der Waals surface area contributed by atoms with Crippen molar-refractivity contribution in [3.05, 3.63) is 54.4 Å². The summed E-state index contributed by atoms with van der Waals surface area (Å²) < 4.78 is 37.0. The first-order chi connectivity index (χ1) is 13.0. The van der Waals surface area contributed by atoms with Crippen LogP contribution in [0.5, 0.6) is 0 Å². The Morgan fingerprint density at radius 3 is 2.56 bits per heavy atom. The summed E-state index contributed by atoms with van der Waals surface area (Å²) in [5, 5.41) is 2.75. The van der Waals surface area contributed by atoms with Crippen molar-refractivity contribution in [2.24, 2.45) is 0 Å². The van der Waals surface area contributed by atoms with E-state index in [-0.39, 0.29) is 10.8 Å². The number of hydrogen-bond donors (Lipinski definition) is 1. The summed E-state index contributed by atoms with van der Waals surface area (Å²) in [7, 11) is -3.56. The van der Waals surface area contributed by atoms with Crippen molar-refractivity contribution in [1.29, 1.82) is 0 Å². The number of amides is 1. The van der Waals surface area contributed by atoms with E-state index < -0.39 is 10.0 Å². The van der Waals surface area contributed by atoms with Gasteiger partial charge in [0.1, 0.15) is 5.52 Å². The Labute approximate surface area is 155 Å². The Kier molecular flexibility index (Phi) is 4.65. The van der Waals surface area contributed by atoms with Crippen molar-refractivity contribution in [1.82, 2.24) is 9.29 Å². The molecule has 0 aliphatic carbocycles. The van der Waals surface area contributed by atoms with Gasteiger partial charge >= 0.3 is 0 Å². The molecular weight excluding hydrogens is 370 g/mol. The van der Waals surface area contributed by atoms with E-state index >= 15 is 0 Å². The monoisotopic (exact) mass is 387 g/mol. The summed E-state index contributed by atoms with van der Waals surface area (Å²) in [6.07, 6.45) is 1.32. The molecular formula is C18H17N3O5S. The van der Waals surface area contributed by atoms with Gasteiger partial charge in [0, 0.05) is 24.3 Å². The smallest absolute Gasteiger partial charge is 0.255 e. The highest BCUT2D eigenvalue weighted by Crippen LogP contribution is 2.20. The van der Waals surface area contributed by atoms with Crippen LogP contribution < -0.4 is 5.32 Å². The maximum absolute atomic E-state index is 12.6. The number of aromatic nitrogens is 1. The molecule has 140 valence electrons. The van der Waals surface area contributed by atoms with Gasteiger partial charge < -0.3 is 14.5 Å². The van der Waals surface area contributed by atoms with Gasteiger partial charge in [-0.3, -0.25) is 4.79 Å². The van der Waals surface area contributed by atoms with Crippen LogP contribution in [0.2, 0.25) is 0 Å². The Hall–Kier alpha value is -2.75. The summed E-state index contributed by atoms with van der Waals surface area (Å²) in [6, 6.07) is 11.1. The number of nitrogens with zero attached hydrogens (tertiary/aromatic N) is 2. The summed E-state index contributed by atoms with van der Waals surface area (Å²) in [6.45, 7) is 1.46. The third kappa shape index (κ3) is 3.57. The topological polar surface area (TPSA) is 102 Å². The van der Waals surface area contributed by atoms with E-state index in [9.17, 15) is 13.2 Å². The number of carbonyl (C=O) groups excluding carboxylic acids is 1. The minimum absolute atomic E-state index is 0.186. The first kappa shape index (κ1) is 17.7. The molecule has 9 heteroatoms. The average molecular weight is 387 g/mol. The highest BCUT2D eigenvalue weighted by Gasteiger charge is 2.26. The fraction of sp³-hybridized carbons (Fsp3) is 0.222. The predicted octanol–water partition coefficient (Wildman–Crippen LogP) is 2.10. The summed E-state index contributed by atoms with van der Waals surface area (Å²) in [5.41, 5.74) is 2.13. The molecule has 2 aromatic carbocycles. The fourth-order valence-electron chi connectivity index (χ4n) is 2.85. The van der Waals surface area contributed by atoms with Gasteiger partial charge in [0.15, 0.2) is 12.0 Å². The molecule has 2 heterocycles. The van der Waals surface area contributed by atoms with Gasteiger partial charge in [0.2, 0.25) is 10.0 Å². The van der Waals surface area contributed by atoms with Gasteiger partial charge in [-0.2, -0.15) is 4.31 Å². The molecule has 0 atom stereocenters. The van der Waals surface area contributed by atoms with Crippen LogP contribution in [-0.2, 0) is 14.8 Å². The molecule has 1 aliphatic heterocycles. The molecule has 0 saturated carbocycles. The molecule has 0 unspecified atom stereocenters. The van der Waals surface area contributed by atoms with E-state index in [2.05, 4.69) is 10.3 Å². The Morgan fingerprint density at radius 1 is 1.07 bits per heavy atom. The maximum atomic E-state index is 12.6. The van der Waals surface area contributed by atoms with Crippen molar-refractivity contribution < 1.29 is 22.4 Å². The van der Waals surface area contributed by atoms with Gasteiger partial charge in [-0.15, -0.1) is 0 Å². The maximum Gasteiger partial charge on any atom is 0.255 e. The molecule has 8 nitrogen and oxygen atoms in total. The van der Waals surface area contributed by atoms with E-state index in [0.717, 1.165) is 0 Å². The standard InChI is InChI=1S/C18H17N3O5S/c22-18(13-1-6-17-16(11-13)19-12-26-17)20-14-2-4-15(5-3-14)27(23,24)21-7-9-25-10-8-21/h1-6,11-12H,7-10H2,(H,20,22). The lowest BCUT2D eigenvalue weighted by atomic mass is 10.2. The number of nitrogens with one attached hydrogen (secondary N) is 1. The number of carbonyl (C=O) groups is 1. The number of fused-ring (bicyclic) bond motifs is 1. The lowest BCUT2D eigenvalue weighted by Crippen LogP contribution is -2.40. The zero-order valence-corrected chi connectivity index (χ0v) is 15.1. The van der Waals surface area contributed by atoms with Gasteiger partial charge in [-0.1, -0.05) is 0 Å². The molecule has 0 bridgehead atoms. The second-order valence-corrected chi connectivity index (χ2v) is 7.97. The summed E-state index contributed by atoms with van der Waals surface area (Å²) >= 11 is 0. The van der Waals surface area contributed by atoms with Gasteiger partial charge in [-0.25, -0.2) is 13.4 Å². The normalized spacial score (nSPS) is 15.7. The van der Waals surface area contributed by atoms with Crippen molar-refractivity contribution in [3.8, 4) is 0 Å². The molecule has 3 aromatic rings. The Bertz CT molecular complexity index is 1070. The van der Waals surface area contributed by atoms with Crippen LogP contribution in [0.15, 0.2) is 58.2 Å². The SMILES string of the molecule is O=C(Nc1ccc(S(=O)(=O)N2CCOCC2)cc1)c1ccc2ocnc2c1. The van der Waals surface area contributed by atoms with Gasteiger partial charge in [0.05, 0.1) is 18.1 Å². The van der Waals surface area contributed by atoms with E-state index in [0.29, 0.717) is 48.7 Å². The van der Waals surface area contributed by atoms with Crippen LogP contribution in [0.1, 0.15) is 10.4 Å². The number of rotatable bonds is 4. The minimum Gasteiger partial charge on any atom is -0.443 e. The van der Waals surface area contributed by atoms with Gasteiger partial charge in [0.25, 0.3) is 5.91 Å². The summed E-state index contributed by atoms with van der Waals surface area (Å²) in [4.78, 5) is 16.6. The molecule has 4 rings (SSSR count). The van der Waals surface area contributed by atoms with Crippen LogP contribution in [0.25, 0.3) is 11.1 Å². The predicted molar refractivity (Wildman–Crippen MR) is 98.0 cm³/mol. The van der Waals surface area contributed by atoms with Crippen LogP contribution in [0, 0.1) is 0 Å². The number of hydrogen-bond acceptors (Lipinski definition) is 6. The molecule has 0 spiro atoms. The van der Waals surface area contributed by atoms with Crippen molar-refractivity contribution in [2.45, 2.75) is 4.90 Å². The Morgan fingerprint density at radius 2 is 1.81 bits per heavy atom. The average Bonchev–Trinajstić information content (AvgIpc) is 3.17. The zero-order valence-electron chi connectivity index (χ0n) is 14.3. The number of ether oxygens (including phenoxy) is 1. The molecule has 1 amide bonds. The fourth-order valence-corrected chi connectivity index (χ4v) is 4.26. The van der Waals surface area contributed by atoms with Crippen molar-refractivity contribution >= 4 is 32.7 Å². The number of sulfonamides is 1. The van der Waals surface area contributed by atoms with E-state index in [1.807, 2.05) is 0 Å². The lowest BCUT2D eigenvalue weighted by Gasteiger charge is -2.26. The minimum atomic E-state index is -3.56. The number of morpholine rings is 1. The molecule has 1 aromatic heterocycles. The van der Waals surface area contributed by atoms with Crippen LogP contribution in [-0.4, -0.2) is 49.9 Å². The van der Waals surface area contributed by atoms with E-state index in [1.54, 1.807) is 30.3 Å². The largest absolute Gasteiger partial charge is 0.443 e. The number of benzene rings is 2. The summed E-state index contributed by atoms with van der Waals surface area (Å²) in [5.74, 6) is -0.316. The molecule has 1 fully saturated rings. The van der Waals surface area contributed by atoms with Crippen LogP contribution >= 0.6 is 0 Å². The lowest BCUT2D eigenvalue weighted by molar-refractivity contribution is 0.0730.